The van der Waals surface area contributed by atoms with E-state index in [1.54, 1.807) is 0 Å². The third kappa shape index (κ3) is 3.66. The lowest BCUT2D eigenvalue weighted by Crippen LogP contribution is -2.32. The number of ether oxygens (including phenoxy) is 2. The Morgan fingerprint density at radius 1 is 1.50 bits per heavy atom. The van der Waals surface area contributed by atoms with Gasteiger partial charge in [0.05, 0.1) is 13.7 Å². The molecule has 100 valence electrons. The molecular weight excluding hydrogens is 261 g/mol. The summed E-state index contributed by atoms with van der Waals surface area (Å²) in [6.45, 7) is 0.764. The zero-order chi connectivity index (χ0) is 13.5. The van der Waals surface area contributed by atoms with Gasteiger partial charge in [0.15, 0.2) is 0 Å². The van der Waals surface area contributed by atoms with Crippen molar-refractivity contribution in [2.75, 3.05) is 27.4 Å². The van der Waals surface area contributed by atoms with Gasteiger partial charge in [-0.15, -0.1) is 0 Å². The number of carbonyl (C=O) groups is 1. The molecular formula is C12H15ClFNO3. The smallest absolute Gasteiger partial charge is 0.327 e. The molecule has 0 amide bonds. The van der Waals surface area contributed by atoms with Gasteiger partial charge < -0.3 is 9.47 Å². The number of rotatable bonds is 6. The zero-order valence-electron chi connectivity index (χ0n) is 10.2. The van der Waals surface area contributed by atoms with Crippen molar-refractivity contribution in [3.63, 3.8) is 0 Å². The molecule has 0 aliphatic carbocycles. The van der Waals surface area contributed by atoms with Gasteiger partial charge >= 0.3 is 5.97 Å². The maximum absolute atomic E-state index is 13.7. The monoisotopic (exact) mass is 275 g/mol. The Bertz CT molecular complexity index is 394. The van der Waals surface area contributed by atoms with E-state index in [2.05, 4.69) is 10.1 Å². The van der Waals surface area contributed by atoms with Crippen LogP contribution in [0.3, 0.4) is 0 Å². The highest BCUT2D eigenvalue weighted by Gasteiger charge is 2.26. The quantitative estimate of drug-likeness (QED) is 0.637. The fraction of sp³-hybridized carbons (Fsp3) is 0.417. The summed E-state index contributed by atoms with van der Waals surface area (Å²) in [5.41, 5.74) is 0.0853. The van der Waals surface area contributed by atoms with Gasteiger partial charge in [-0.3, -0.25) is 5.32 Å². The van der Waals surface area contributed by atoms with Gasteiger partial charge in [-0.2, -0.15) is 0 Å². The molecule has 0 aliphatic rings. The van der Waals surface area contributed by atoms with E-state index in [4.69, 9.17) is 16.3 Å². The van der Waals surface area contributed by atoms with Gasteiger partial charge in [-0.1, -0.05) is 17.7 Å². The van der Waals surface area contributed by atoms with Crippen LogP contribution in [0.4, 0.5) is 4.39 Å². The SMILES string of the molecule is COCCNC(C(=O)OC)c1c(F)cccc1Cl. The molecule has 0 saturated carbocycles. The maximum Gasteiger partial charge on any atom is 0.327 e. The van der Waals surface area contributed by atoms with Crippen molar-refractivity contribution in [3.05, 3.63) is 34.6 Å². The number of benzene rings is 1. The highest BCUT2D eigenvalue weighted by Crippen LogP contribution is 2.26. The lowest BCUT2D eigenvalue weighted by atomic mass is 10.1. The molecule has 0 bridgehead atoms. The Kier molecular flexibility index (Phi) is 6.04. The van der Waals surface area contributed by atoms with Crippen LogP contribution in [0.15, 0.2) is 18.2 Å². The number of carbonyl (C=O) groups excluding carboxylic acids is 1. The number of methoxy groups -OCH3 is 2. The zero-order valence-corrected chi connectivity index (χ0v) is 11.0. The third-order valence-corrected chi connectivity index (χ3v) is 2.71. The van der Waals surface area contributed by atoms with Crippen LogP contribution in [0, 0.1) is 5.82 Å². The number of halogens is 2. The van der Waals surface area contributed by atoms with Crippen LogP contribution >= 0.6 is 11.6 Å². The standard InChI is InChI=1S/C12H15ClFNO3/c1-17-7-6-15-11(12(16)18-2)10-8(13)4-3-5-9(10)14/h3-5,11,15H,6-7H2,1-2H3. The van der Waals surface area contributed by atoms with E-state index in [1.165, 1.54) is 32.4 Å². The van der Waals surface area contributed by atoms with Crippen LogP contribution in [0.5, 0.6) is 0 Å². The summed E-state index contributed by atoms with van der Waals surface area (Å²) in [4.78, 5) is 11.7. The van der Waals surface area contributed by atoms with Crippen molar-refractivity contribution in [3.8, 4) is 0 Å². The van der Waals surface area contributed by atoms with Crippen LogP contribution in [-0.4, -0.2) is 33.3 Å². The first kappa shape index (κ1) is 14.9. The summed E-state index contributed by atoms with van der Waals surface area (Å²) in [5, 5.41) is 3.02. The number of esters is 1. The van der Waals surface area contributed by atoms with Crippen LogP contribution < -0.4 is 5.32 Å². The molecule has 1 N–H and O–H groups in total. The molecule has 0 fully saturated rings. The summed E-state index contributed by atoms with van der Waals surface area (Å²) < 4.78 is 23.2. The van der Waals surface area contributed by atoms with Gasteiger partial charge in [0.25, 0.3) is 0 Å². The minimum Gasteiger partial charge on any atom is -0.468 e. The van der Waals surface area contributed by atoms with Crippen LogP contribution in [0.1, 0.15) is 11.6 Å². The largest absolute Gasteiger partial charge is 0.468 e. The molecule has 0 radical (unpaired) electrons. The molecule has 1 aromatic carbocycles. The van der Waals surface area contributed by atoms with E-state index >= 15 is 0 Å². The molecule has 1 rings (SSSR count). The van der Waals surface area contributed by atoms with E-state index in [0.29, 0.717) is 13.2 Å². The van der Waals surface area contributed by atoms with E-state index in [-0.39, 0.29) is 10.6 Å². The Hall–Kier alpha value is -1.17. The summed E-state index contributed by atoms with van der Waals surface area (Å²) in [6.07, 6.45) is 0. The van der Waals surface area contributed by atoms with E-state index in [1.807, 2.05) is 0 Å². The number of nitrogens with one attached hydrogen (secondary N) is 1. The lowest BCUT2D eigenvalue weighted by Gasteiger charge is -2.18. The second kappa shape index (κ2) is 7.31. The Morgan fingerprint density at radius 2 is 2.22 bits per heavy atom. The number of hydrogen-bond donors (Lipinski definition) is 1. The van der Waals surface area contributed by atoms with E-state index in [0.717, 1.165) is 0 Å². The first-order valence-corrected chi connectivity index (χ1v) is 5.73. The molecule has 1 aromatic rings. The molecule has 0 aliphatic heterocycles. The molecule has 0 aromatic heterocycles. The van der Waals surface area contributed by atoms with Crippen molar-refractivity contribution in [2.45, 2.75) is 6.04 Å². The molecule has 1 atom stereocenters. The minimum absolute atomic E-state index is 0.0853. The van der Waals surface area contributed by atoms with Crippen molar-refractivity contribution >= 4 is 17.6 Å². The molecule has 18 heavy (non-hydrogen) atoms. The summed E-state index contributed by atoms with van der Waals surface area (Å²) in [6, 6.07) is 3.30. The Labute approximate surface area is 110 Å². The summed E-state index contributed by atoms with van der Waals surface area (Å²) >= 11 is 5.92. The minimum atomic E-state index is -0.946. The first-order valence-electron chi connectivity index (χ1n) is 5.35. The summed E-state index contributed by atoms with van der Waals surface area (Å²) in [7, 11) is 2.77. The second-order valence-corrected chi connectivity index (χ2v) is 3.95. The average molecular weight is 276 g/mol. The molecule has 0 heterocycles. The topological polar surface area (TPSA) is 47.6 Å². The van der Waals surface area contributed by atoms with E-state index < -0.39 is 17.8 Å². The third-order valence-electron chi connectivity index (χ3n) is 2.38. The molecule has 0 saturated heterocycles. The summed E-state index contributed by atoms with van der Waals surface area (Å²) in [5.74, 6) is -1.15. The number of hydrogen-bond acceptors (Lipinski definition) is 4. The van der Waals surface area contributed by atoms with Crippen molar-refractivity contribution in [1.82, 2.24) is 5.32 Å². The highest BCUT2D eigenvalue weighted by molar-refractivity contribution is 6.31. The molecule has 6 heteroatoms. The van der Waals surface area contributed by atoms with Gasteiger partial charge in [0, 0.05) is 24.2 Å². The first-order chi connectivity index (χ1) is 8.61. The highest BCUT2D eigenvalue weighted by atomic mass is 35.5. The van der Waals surface area contributed by atoms with Crippen molar-refractivity contribution < 1.29 is 18.7 Å². The molecule has 1 unspecified atom stereocenters. The fourth-order valence-corrected chi connectivity index (χ4v) is 1.79. The normalized spacial score (nSPS) is 12.2. The van der Waals surface area contributed by atoms with Crippen LogP contribution in [-0.2, 0) is 14.3 Å². The van der Waals surface area contributed by atoms with Gasteiger partial charge in [0.1, 0.15) is 11.9 Å². The van der Waals surface area contributed by atoms with Gasteiger partial charge in [0.2, 0.25) is 0 Å². The Morgan fingerprint density at radius 3 is 2.78 bits per heavy atom. The predicted octanol–water partition coefficient (Wildman–Crippen LogP) is 1.93. The van der Waals surface area contributed by atoms with Gasteiger partial charge in [-0.05, 0) is 12.1 Å². The lowest BCUT2D eigenvalue weighted by molar-refractivity contribution is -0.143. The average Bonchev–Trinajstić information content (AvgIpc) is 2.36. The van der Waals surface area contributed by atoms with Crippen molar-refractivity contribution in [2.24, 2.45) is 0 Å². The second-order valence-electron chi connectivity index (χ2n) is 3.54. The van der Waals surface area contributed by atoms with E-state index in [9.17, 15) is 9.18 Å². The maximum atomic E-state index is 13.7. The van der Waals surface area contributed by atoms with Gasteiger partial charge in [-0.25, -0.2) is 9.18 Å². The molecule has 4 nitrogen and oxygen atoms in total. The fourth-order valence-electron chi connectivity index (χ4n) is 1.51. The van der Waals surface area contributed by atoms with Crippen LogP contribution in [0.2, 0.25) is 5.02 Å². The molecule has 0 spiro atoms. The Balaban J connectivity index is 2.98. The predicted molar refractivity (Wildman–Crippen MR) is 66.0 cm³/mol. The van der Waals surface area contributed by atoms with Crippen molar-refractivity contribution in [1.29, 1.82) is 0 Å². The van der Waals surface area contributed by atoms with Crippen LogP contribution in [0.25, 0.3) is 0 Å².